The average molecular weight is 439 g/mol. The van der Waals surface area contributed by atoms with Crippen LogP contribution in [0.3, 0.4) is 0 Å². The maximum atomic E-state index is 14.4. The van der Waals surface area contributed by atoms with Crippen molar-refractivity contribution in [1.82, 2.24) is 10.6 Å². The van der Waals surface area contributed by atoms with E-state index in [4.69, 9.17) is 4.74 Å². The first kappa shape index (κ1) is 21.5. The van der Waals surface area contributed by atoms with E-state index in [0.717, 1.165) is 18.4 Å². The first-order valence-electron chi connectivity index (χ1n) is 8.78. The van der Waals surface area contributed by atoms with Crippen LogP contribution < -0.4 is 20.7 Å². The van der Waals surface area contributed by atoms with Crippen LogP contribution >= 0.6 is 0 Å². The number of nitrogens with one attached hydrogen (secondary N) is 3. The summed E-state index contributed by atoms with van der Waals surface area (Å²) in [6.07, 6.45) is 1.05. The number of carbonyl (C=O) groups excluding carboxylic acids is 2. The molecule has 3 amide bonds. The maximum Gasteiger partial charge on any atom is 0.319 e. The predicted molar refractivity (Wildman–Crippen MR) is 104 cm³/mol. The lowest BCUT2D eigenvalue weighted by Crippen LogP contribution is -2.45. The van der Waals surface area contributed by atoms with E-state index in [1.54, 1.807) is 0 Å². The van der Waals surface area contributed by atoms with Gasteiger partial charge < -0.3 is 20.7 Å². The second kappa shape index (κ2) is 8.27. The van der Waals surface area contributed by atoms with Crippen molar-refractivity contribution >= 4 is 27.5 Å². The molecule has 160 valence electrons. The van der Waals surface area contributed by atoms with E-state index in [1.165, 1.54) is 31.4 Å². The highest BCUT2D eigenvalue weighted by atomic mass is 32.2. The monoisotopic (exact) mass is 439 g/mol. The molecular weight excluding hydrogens is 420 g/mol. The van der Waals surface area contributed by atoms with Crippen molar-refractivity contribution in [3.8, 4) is 5.75 Å². The fourth-order valence-electron chi connectivity index (χ4n) is 3.18. The Balaban J connectivity index is 1.76. The number of hydrogen-bond acceptors (Lipinski definition) is 5. The number of benzene rings is 2. The van der Waals surface area contributed by atoms with Crippen LogP contribution in [0.15, 0.2) is 41.3 Å². The molecule has 1 fully saturated rings. The molecule has 0 radical (unpaired) electrons. The molecule has 1 heterocycles. The third-order valence-corrected chi connectivity index (χ3v) is 5.80. The van der Waals surface area contributed by atoms with E-state index in [1.807, 2.05) is 0 Å². The highest BCUT2D eigenvalue weighted by Crippen LogP contribution is 2.31. The SMILES string of the molecule is COc1cc(F)c(C2CNC(=O)C2NC(=O)Nc2ccc(S(C)(=O)=O)cc2)c(F)c1. The van der Waals surface area contributed by atoms with Crippen LogP contribution in [0.2, 0.25) is 0 Å². The minimum Gasteiger partial charge on any atom is -0.497 e. The van der Waals surface area contributed by atoms with Crippen LogP contribution in [0.5, 0.6) is 5.75 Å². The number of sulfone groups is 1. The summed E-state index contributed by atoms with van der Waals surface area (Å²) in [6.45, 7) is -0.0625. The van der Waals surface area contributed by atoms with Gasteiger partial charge >= 0.3 is 6.03 Å². The quantitative estimate of drug-likeness (QED) is 0.657. The van der Waals surface area contributed by atoms with Crippen LogP contribution in [0, 0.1) is 11.6 Å². The van der Waals surface area contributed by atoms with Gasteiger partial charge in [-0.15, -0.1) is 0 Å². The van der Waals surface area contributed by atoms with Crippen molar-refractivity contribution in [1.29, 1.82) is 0 Å². The molecule has 0 aliphatic carbocycles. The Morgan fingerprint density at radius 2 is 1.77 bits per heavy atom. The second-order valence-electron chi connectivity index (χ2n) is 6.73. The summed E-state index contributed by atoms with van der Waals surface area (Å²) in [5, 5.41) is 7.35. The summed E-state index contributed by atoms with van der Waals surface area (Å²) in [4.78, 5) is 24.5. The summed E-state index contributed by atoms with van der Waals surface area (Å²) in [5.74, 6) is -3.35. The molecule has 2 aromatic carbocycles. The van der Waals surface area contributed by atoms with E-state index in [0.29, 0.717) is 0 Å². The third-order valence-electron chi connectivity index (χ3n) is 4.67. The molecule has 8 nitrogen and oxygen atoms in total. The van der Waals surface area contributed by atoms with Gasteiger partial charge in [-0.2, -0.15) is 0 Å². The number of urea groups is 1. The number of halogens is 2. The fraction of sp³-hybridized carbons (Fsp3) is 0.263. The Kier molecular flexibility index (Phi) is 5.92. The summed E-state index contributed by atoms with van der Waals surface area (Å²) in [7, 11) is -2.12. The smallest absolute Gasteiger partial charge is 0.319 e. The Bertz CT molecular complexity index is 1070. The molecule has 1 aliphatic rings. The minimum atomic E-state index is -3.39. The molecule has 2 atom stereocenters. The molecule has 30 heavy (non-hydrogen) atoms. The van der Waals surface area contributed by atoms with Gasteiger partial charge in [-0.05, 0) is 24.3 Å². The van der Waals surface area contributed by atoms with Crippen LogP contribution in [0.4, 0.5) is 19.3 Å². The summed E-state index contributed by atoms with van der Waals surface area (Å²) in [6, 6.07) is 5.40. The maximum absolute atomic E-state index is 14.4. The lowest BCUT2D eigenvalue weighted by atomic mass is 9.93. The van der Waals surface area contributed by atoms with Gasteiger partial charge in [-0.1, -0.05) is 0 Å². The van der Waals surface area contributed by atoms with Gasteiger partial charge in [0.25, 0.3) is 0 Å². The van der Waals surface area contributed by atoms with E-state index in [-0.39, 0.29) is 28.4 Å². The average Bonchev–Trinajstić information content (AvgIpc) is 3.01. The normalized spacial score (nSPS) is 18.6. The van der Waals surface area contributed by atoms with E-state index < -0.39 is 45.4 Å². The number of methoxy groups -OCH3 is 1. The van der Waals surface area contributed by atoms with Gasteiger partial charge in [0, 0.05) is 42.1 Å². The van der Waals surface area contributed by atoms with Crippen LogP contribution in [0.25, 0.3) is 0 Å². The van der Waals surface area contributed by atoms with E-state index >= 15 is 0 Å². The van der Waals surface area contributed by atoms with Gasteiger partial charge in [-0.25, -0.2) is 22.0 Å². The van der Waals surface area contributed by atoms with Gasteiger partial charge in [-0.3, -0.25) is 4.79 Å². The van der Waals surface area contributed by atoms with Crippen molar-refractivity contribution in [2.75, 3.05) is 25.2 Å². The zero-order chi connectivity index (χ0) is 22.1. The second-order valence-corrected chi connectivity index (χ2v) is 8.74. The van der Waals surface area contributed by atoms with Crippen molar-refractivity contribution in [2.45, 2.75) is 16.9 Å². The number of amides is 3. The van der Waals surface area contributed by atoms with Crippen LogP contribution in [-0.4, -0.2) is 46.3 Å². The summed E-state index contributed by atoms with van der Waals surface area (Å²) >= 11 is 0. The van der Waals surface area contributed by atoms with Crippen LogP contribution in [-0.2, 0) is 14.6 Å². The standard InChI is InChI=1S/C19H19F2N3O5S/c1-29-11-7-14(20)16(15(21)8-11)13-9-22-18(25)17(13)24-19(26)23-10-3-5-12(6-4-10)30(2,27)28/h3-8,13,17H,9H2,1-2H3,(H,22,25)(H2,23,24,26). The lowest BCUT2D eigenvalue weighted by molar-refractivity contribution is -0.120. The molecule has 0 saturated carbocycles. The van der Waals surface area contributed by atoms with Crippen LogP contribution in [0.1, 0.15) is 11.5 Å². The fourth-order valence-corrected chi connectivity index (χ4v) is 3.81. The number of ether oxygens (including phenoxy) is 1. The molecule has 1 aliphatic heterocycles. The Labute approximate surface area is 171 Å². The van der Waals surface area contributed by atoms with Crippen molar-refractivity contribution < 1.29 is 31.5 Å². The number of hydrogen-bond donors (Lipinski definition) is 3. The van der Waals surface area contributed by atoms with Crippen molar-refractivity contribution in [3.05, 3.63) is 53.6 Å². The number of anilines is 1. The zero-order valence-corrected chi connectivity index (χ0v) is 16.8. The van der Waals surface area contributed by atoms with Crippen molar-refractivity contribution in [2.24, 2.45) is 0 Å². The first-order valence-corrected chi connectivity index (χ1v) is 10.7. The van der Waals surface area contributed by atoms with Gasteiger partial charge in [0.2, 0.25) is 5.91 Å². The highest BCUT2D eigenvalue weighted by Gasteiger charge is 2.40. The minimum absolute atomic E-state index is 0.00850. The van der Waals surface area contributed by atoms with Crippen molar-refractivity contribution in [3.63, 3.8) is 0 Å². The molecule has 3 N–H and O–H groups in total. The van der Waals surface area contributed by atoms with Gasteiger partial charge in [0.15, 0.2) is 9.84 Å². The van der Waals surface area contributed by atoms with Gasteiger partial charge in [0.05, 0.1) is 12.0 Å². The first-order chi connectivity index (χ1) is 14.1. The van der Waals surface area contributed by atoms with Gasteiger partial charge in [0.1, 0.15) is 23.4 Å². The molecule has 11 heteroatoms. The largest absolute Gasteiger partial charge is 0.497 e. The Morgan fingerprint density at radius 3 is 2.30 bits per heavy atom. The molecule has 0 spiro atoms. The molecule has 1 saturated heterocycles. The topological polar surface area (TPSA) is 114 Å². The third kappa shape index (κ3) is 4.51. The molecule has 0 aromatic heterocycles. The molecule has 0 bridgehead atoms. The number of carbonyl (C=O) groups is 2. The van der Waals surface area contributed by atoms with E-state index in [2.05, 4.69) is 16.0 Å². The molecule has 3 rings (SSSR count). The summed E-state index contributed by atoms with van der Waals surface area (Å²) < 4.78 is 56.7. The lowest BCUT2D eigenvalue weighted by Gasteiger charge is -2.20. The molecule has 2 unspecified atom stereocenters. The number of rotatable bonds is 5. The highest BCUT2D eigenvalue weighted by molar-refractivity contribution is 7.90. The zero-order valence-electron chi connectivity index (χ0n) is 16.0. The van der Waals surface area contributed by atoms with E-state index in [9.17, 15) is 26.8 Å². The predicted octanol–water partition coefficient (Wildman–Crippen LogP) is 1.78. The summed E-state index contributed by atoms with van der Waals surface area (Å²) in [5.41, 5.74) is -0.0615. The molecular formula is C19H19F2N3O5S. The Hall–Kier alpha value is -3.21. The molecule has 2 aromatic rings. The Morgan fingerprint density at radius 1 is 1.17 bits per heavy atom.